The van der Waals surface area contributed by atoms with Crippen LogP contribution in [0.15, 0.2) is 0 Å². The highest BCUT2D eigenvalue weighted by Crippen LogP contribution is 2.43. The van der Waals surface area contributed by atoms with Gasteiger partial charge in [-0.15, -0.1) is 12.4 Å². The molecule has 3 rings (SSSR count). The molecule has 3 aliphatic rings. The van der Waals surface area contributed by atoms with Gasteiger partial charge in [0.2, 0.25) is 0 Å². The van der Waals surface area contributed by atoms with Gasteiger partial charge in [0.25, 0.3) is 0 Å². The van der Waals surface area contributed by atoms with E-state index in [9.17, 15) is 0 Å². The number of rotatable bonds is 7. The normalized spacial score (nSPS) is 29.5. The lowest BCUT2D eigenvalue weighted by Gasteiger charge is -2.48. The maximum absolute atomic E-state index is 2.66. The second kappa shape index (κ2) is 9.17. The second-order valence-electron chi connectivity index (χ2n) is 6.11. The molecule has 0 unspecified atom stereocenters. The van der Waals surface area contributed by atoms with Crippen LogP contribution < -0.4 is 6.15 Å². The van der Waals surface area contributed by atoms with Gasteiger partial charge in [-0.25, -0.2) is 0 Å². The zero-order valence-corrected chi connectivity index (χ0v) is 13.1. The van der Waals surface area contributed by atoms with Crippen LogP contribution in [-0.4, -0.2) is 24.5 Å². The number of hydrogen-bond donors (Lipinski definition) is 1. The van der Waals surface area contributed by atoms with Crippen molar-refractivity contribution in [3.8, 4) is 0 Å². The van der Waals surface area contributed by atoms with E-state index in [1.807, 2.05) is 0 Å². The molecule has 2 bridgehead atoms. The van der Waals surface area contributed by atoms with Gasteiger partial charge < -0.3 is 11.1 Å². The van der Waals surface area contributed by atoms with Crippen molar-refractivity contribution in [1.82, 2.24) is 11.1 Å². The molecule has 0 aromatic heterocycles. The smallest absolute Gasteiger partial charge is 0.00134 e. The SMILES string of the molecule is CCCCCCCCC12CCN(CC1)CC2.Cl.N. The number of unbranched alkanes of at least 4 members (excludes halogenated alkanes) is 5. The van der Waals surface area contributed by atoms with Crippen molar-refractivity contribution in [1.29, 1.82) is 0 Å². The maximum Gasteiger partial charge on any atom is -0.00134 e. The van der Waals surface area contributed by atoms with Gasteiger partial charge in [-0.3, -0.25) is 0 Å². The molecule has 3 heteroatoms. The zero-order chi connectivity index (χ0) is 11.3. The zero-order valence-electron chi connectivity index (χ0n) is 12.3. The molecule has 3 fully saturated rings. The van der Waals surface area contributed by atoms with Crippen LogP contribution in [0.1, 0.15) is 71.1 Å². The Morgan fingerprint density at radius 3 is 1.89 bits per heavy atom. The Kier molecular flexibility index (Phi) is 9.27. The van der Waals surface area contributed by atoms with E-state index in [-0.39, 0.29) is 18.6 Å². The van der Waals surface area contributed by atoms with Gasteiger partial charge in [-0.2, -0.15) is 0 Å². The van der Waals surface area contributed by atoms with Crippen molar-refractivity contribution in [2.75, 3.05) is 19.6 Å². The van der Waals surface area contributed by atoms with Crippen LogP contribution >= 0.6 is 12.4 Å². The molecule has 3 saturated heterocycles. The van der Waals surface area contributed by atoms with Crippen LogP contribution in [0, 0.1) is 5.41 Å². The monoisotopic (exact) mass is 276 g/mol. The predicted octanol–water partition coefficient (Wildman–Crippen LogP) is 4.81. The first-order valence-electron chi connectivity index (χ1n) is 7.57. The van der Waals surface area contributed by atoms with Crippen LogP contribution in [0.3, 0.4) is 0 Å². The summed E-state index contributed by atoms with van der Waals surface area (Å²) in [4.78, 5) is 2.66. The highest BCUT2D eigenvalue weighted by Gasteiger charge is 2.38. The third kappa shape index (κ3) is 5.07. The van der Waals surface area contributed by atoms with Crippen molar-refractivity contribution in [2.45, 2.75) is 71.1 Å². The molecule has 0 radical (unpaired) electrons. The Labute approximate surface area is 120 Å². The minimum Gasteiger partial charge on any atom is -0.344 e. The minimum atomic E-state index is 0. The molecule has 0 aliphatic carbocycles. The molecular formula is C15H33ClN2. The van der Waals surface area contributed by atoms with Gasteiger partial charge in [0, 0.05) is 0 Å². The molecule has 110 valence electrons. The average molecular weight is 277 g/mol. The van der Waals surface area contributed by atoms with E-state index in [0.717, 1.165) is 5.41 Å². The second-order valence-corrected chi connectivity index (χ2v) is 6.11. The van der Waals surface area contributed by atoms with Crippen molar-refractivity contribution in [2.24, 2.45) is 5.41 Å². The molecule has 3 N–H and O–H groups in total. The van der Waals surface area contributed by atoms with Gasteiger partial charge in [0.05, 0.1) is 0 Å². The number of fused-ring (bicyclic) bond motifs is 3. The fourth-order valence-corrected chi connectivity index (χ4v) is 3.55. The Bertz CT molecular complexity index is 187. The highest BCUT2D eigenvalue weighted by atomic mass is 35.5. The minimum absolute atomic E-state index is 0. The number of halogens is 1. The van der Waals surface area contributed by atoms with E-state index in [1.54, 1.807) is 0 Å². The fourth-order valence-electron chi connectivity index (χ4n) is 3.55. The van der Waals surface area contributed by atoms with Crippen molar-refractivity contribution >= 4 is 12.4 Å². The van der Waals surface area contributed by atoms with Crippen LogP contribution in [-0.2, 0) is 0 Å². The quantitative estimate of drug-likeness (QED) is 0.678. The number of nitrogens with zero attached hydrogens (tertiary/aromatic N) is 1. The molecular weight excluding hydrogens is 244 g/mol. The van der Waals surface area contributed by atoms with Crippen LogP contribution in [0.4, 0.5) is 0 Å². The van der Waals surface area contributed by atoms with Gasteiger partial charge >= 0.3 is 0 Å². The first-order valence-corrected chi connectivity index (χ1v) is 7.57. The first kappa shape index (κ1) is 18.2. The van der Waals surface area contributed by atoms with E-state index < -0.39 is 0 Å². The molecule has 2 nitrogen and oxygen atoms in total. The van der Waals surface area contributed by atoms with Crippen molar-refractivity contribution in [3.63, 3.8) is 0 Å². The van der Waals surface area contributed by atoms with E-state index >= 15 is 0 Å². The van der Waals surface area contributed by atoms with Crippen LogP contribution in [0.5, 0.6) is 0 Å². The summed E-state index contributed by atoms with van der Waals surface area (Å²) in [6.07, 6.45) is 14.8. The third-order valence-electron chi connectivity index (χ3n) is 4.94. The molecule has 0 aromatic carbocycles. The number of piperidine rings is 3. The largest absolute Gasteiger partial charge is 0.344 e. The Hall–Kier alpha value is 0.210. The molecule has 0 spiro atoms. The standard InChI is InChI=1S/C15H29N.ClH.H3N/c1-2-3-4-5-6-7-8-15-9-12-16(13-10-15)14-11-15;;/h2-14H2,1H3;1H;1H3. The van der Waals surface area contributed by atoms with Gasteiger partial charge in [0.1, 0.15) is 0 Å². The molecule has 18 heavy (non-hydrogen) atoms. The lowest BCUT2D eigenvalue weighted by molar-refractivity contribution is 0.0180. The van der Waals surface area contributed by atoms with Crippen LogP contribution in [0.25, 0.3) is 0 Å². The summed E-state index contributed by atoms with van der Waals surface area (Å²) in [7, 11) is 0. The molecule has 0 amide bonds. The molecule has 3 aliphatic heterocycles. The lowest BCUT2D eigenvalue weighted by Crippen LogP contribution is -2.48. The van der Waals surface area contributed by atoms with E-state index in [4.69, 9.17) is 0 Å². The summed E-state index contributed by atoms with van der Waals surface area (Å²) < 4.78 is 0. The van der Waals surface area contributed by atoms with Crippen molar-refractivity contribution in [3.05, 3.63) is 0 Å². The topological polar surface area (TPSA) is 38.2 Å². The summed E-state index contributed by atoms with van der Waals surface area (Å²) in [6.45, 7) is 6.50. The Balaban J connectivity index is 0.00000144. The highest BCUT2D eigenvalue weighted by molar-refractivity contribution is 5.85. The molecule has 0 aromatic rings. The Morgan fingerprint density at radius 1 is 0.833 bits per heavy atom. The third-order valence-corrected chi connectivity index (χ3v) is 4.94. The fraction of sp³-hybridized carbons (Fsp3) is 1.00. The van der Waals surface area contributed by atoms with Gasteiger partial charge in [-0.1, -0.05) is 45.4 Å². The Morgan fingerprint density at radius 2 is 1.33 bits per heavy atom. The average Bonchev–Trinajstić information content (AvgIpc) is 2.36. The summed E-state index contributed by atoms with van der Waals surface area (Å²) in [5, 5.41) is 0. The van der Waals surface area contributed by atoms with E-state index in [0.29, 0.717) is 0 Å². The predicted molar refractivity (Wildman–Crippen MR) is 83.0 cm³/mol. The lowest BCUT2D eigenvalue weighted by atomic mass is 9.69. The van der Waals surface area contributed by atoms with Crippen LogP contribution in [0.2, 0.25) is 0 Å². The number of hydrogen-bond acceptors (Lipinski definition) is 2. The molecule has 0 atom stereocenters. The molecule has 0 saturated carbocycles. The maximum atomic E-state index is 2.66. The summed E-state index contributed by atoms with van der Waals surface area (Å²) in [6, 6.07) is 0. The van der Waals surface area contributed by atoms with E-state index in [2.05, 4.69) is 11.8 Å². The first-order chi connectivity index (χ1) is 7.85. The molecule has 3 heterocycles. The summed E-state index contributed by atoms with van der Waals surface area (Å²) in [5.74, 6) is 0. The van der Waals surface area contributed by atoms with Gasteiger partial charge in [0.15, 0.2) is 0 Å². The van der Waals surface area contributed by atoms with Gasteiger partial charge in [-0.05, 0) is 50.7 Å². The van der Waals surface area contributed by atoms with E-state index in [1.165, 1.54) is 83.8 Å². The summed E-state index contributed by atoms with van der Waals surface area (Å²) >= 11 is 0. The van der Waals surface area contributed by atoms with Crippen molar-refractivity contribution < 1.29 is 0 Å². The summed E-state index contributed by atoms with van der Waals surface area (Å²) in [5.41, 5.74) is 0.791.